The van der Waals surface area contributed by atoms with Gasteiger partial charge in [-0.25, -0.2) is 23.1 Å². The smallest absolute Gasteiger partial charge is 0.329 e. The summed E-state index contributed by atoms with van der Waals surface area (Å²) in [7, 11) is 3.80. The summed E-state index contributed by atoms with van der Waals surface area (Å²) in [5.74, 6) is -0.0628. The average Bonchev–Trinajstić information content (AvgIpc) is 3.98. The maximum Gasteiger partial charge on any atom is 0.329 e. The molecule has 19 heteroatoms. The third-order valence-electron chi connectivity index (χ3n) is 13.5. The molecule has 3 aliphatic heterocycles. The number of halogens is 2. The van der Waals surface area contributed by atoms with Crippen molar-refractivity contribution in [1.29, 1.82) is 0 Å². The number of hydrogen-bond acceptors (Lipinski definition) is 11. The van der Waals surface area contributed by atoms with Gasteiger partial charge in [0.15, 0.2) is 11.3 Å². The van der Waals surface area contributed by atoms with Crippen LogP contribution in [0.15, 0.2) is 47.7 Å². The molecule has 4 aromatic heterocycles. The van der Waals surface area contributed by atoms with Crippen LogP contribution >= 0.6 is 0 Å². The van der Waals surface area contributed by atoms with Crippen molar-refractivity contribution < 1.29 is 27.9 Å². The average molecular weight is 871 g/mol. The summed E-state index contributed by atoms with van der Waals surface area (Å²) in [6.07, 6.45) is 9.55. The number of rotatable bonds is 13. The van der Waals surface area contributed by atoms with Crippen LogP contribution in [0, 0.1) is 5.92 Å². The number of piperidine rings is 2. The van der Waals surface area contributed by atoms with Gasteiger partial charge in [0, 0.05) is 78.3 Å². The molecule has 17 nitrogen and oxygen atoms in total. The number of para-hydroxylation sites is 1. The summed E-state index contributed by atoms with van der Waals surface area (Å²) in [5, 5.41) is 13.6. The molecule has 1 atom stereocenters. The molecule has 1 saturated carbocycles. The van der Waals surface area contributed by atoms with Crippen LogP contribution in [0.4, 0.5) is 20.3 Å². The van der Waals surface area contributed by atoms with Gasteiger partial charge in [0.1, 0.15) is 17.4 Å². The lowest BCUT2D eigenvalue weighted by atomic mass is 9.85. The second kappa shape index (κ2) is 18.3. The number of likely N-dealkylation sites (tertiary alicyclic amines) is 1. The molecule has 1 unspecified atom stereocenters. The van der Waals surface area contributed by atoms with Crippen LogP contribution in [0.3, 0.4) is 0 Å². The molecule has 0 spiro atoms. The summed E-state index contributed by atoms with van der Waals surface area (Å²) in [6.45, 7) is 6.95. The van der Waals surface area contributed by atoms with Crippen LogP contribution in [0.25, 0.3) is 16.7 Å². The van der Waals surface area contributed by atoms with Gasteiger partial charge in [0.05, 0.1) is 35.1 Å². The van der Waals surface area contributed by atoms with Gasteiger partial charge in [-0.05, 0) is 88.4 Å². The third kappa shape index (κ3) is 9.00. The van der Waals surface area contributed by atoms with Crippen LogP contribution in [-0.4, -0.2) is 127 Å². The van der Waals surface area contributed by atoms with Crippen molar-refractivity contribution in [3.8, 4) is 0 Å². The Morgan fingerprint density at radius 3 is 2.49 bits per heavy atom. The molecule has 63 heavy (non-hydrogen) atoms. The zero-order valence-electron chi connectivity index (χ0n) is 35.9. The van der Waals surface area contributed by atoms with Crippen molar-refractivity contribution in [2.24, 2.45) is 13.0 Å². The lowest BCUT2D eigenvalue weighted by molar-refractivity contribution is -0.135. The zero-order chi connectivity index (χ0) is 43.8. The topological polar surface area (TPSA) is 169 Å². The summed E-state index contributed by atoms with van der Waals surface area (Å²) in [6, 6.07) is 6.91. The Kier molecular flexibility index (Phi) is 12.4. The molecule has 2 N–H and O–H groups in total. The first-order chi connectivity index (χ1) is 30.5. The van der Waals surface area contributed by atoms with Gasteiger partial charge >= 0.3 is 5.69 Å². The first kappa shape index (κ1) is 42.8. The number of hydrogen-bond donors (Lipinski definition) is 2. The van der Waals surface area contributed by atoms with Crippen LogP contribution < -0.4 is 21.2 Å². The number of ether oxygens (including phenoxy) is 1. The molecule has 3 saturated heterocycles. The van der Waals surface area contributed by atoms with Crippen LogP contribution in [0.5, 0.6) is 0 Å². The van der Waals surface area contributed by atoms with E-state index < -0.39 is 30.0 Å². The fraction of sp³-hybridized carbons (Fsp3) is 0.568. The molecule has 1 aliphatic carbocycles. The highest BCUT2D eigenvalue weighted by Gasteiger charge is 2.33. The first-order valence-corrected chi connectivity index (χ1v) is 22.3. The van der Waals surface area contributed by atoms with E-state index in [-0.39, 0.29) is 41.4 Å². The van der Waals surface area contributed by atoms with Crippen molar-refractivity contribution in [1.82, 2.24) is 48.6 Å². The molecule has 9 rings (SSSR count). The Labute approximate surface area is 363 Å². The van der Waals surface area contributed by atoms with Gasteiger partial charge in [0.2, 0.25) is 11.8 Å². The van der Waals surface area contributed by atoms with Gasteiger partial charge in [-0.1, -0.05) is 12.1 Å². The second-order valence-electron chi connectivity index (χ2n) is 17.7. The first-order valence-electron chi connectivity index (χ1n) is 22.3. The van der Waals surface area contributed by atoms with Crippen molar-refractivity contribution >= 4 is 45.9 Å². The third-order valence-corrected chi connectivity index (χ3v) is 13.5. The standard InChI is InChI=1S/C44H56F2N12O5/c1-52-20-22-55(23-21-52)36-16-19-56-41(49-36)32(25-47-56)42(60)48-33-27-57(51-38(33)40(45)46)30-10-8-28(9-11-30)26-54-17-14-31(15-18-54)63-24-4-6-29-5-3-7-34-39(29)53(2)44(62)58(34)35-12-13-37(59)50-43(35)61/h3,5,7,16,19,25,27-28,30-31,35,40H,4,6,8-15,17-18,20-24,26H2,1-2H3,(H,48,60)(H,50,59,61)/t28-,30-,35?. The molecule has 3 amide bonds. The van der Waals surface area contributed by atoms with Gasteiger partial charge < -0.3 is 24.8 Å². The number of carbonyl (C=O) groups is 3. The summed E-state index contributed by atoms with van der Waals surface area (Å²) in [5.41, 5.74) is 2.39. The van der Waals surface area contributed by atoms with Gasteiger partial charge in [-0.3, -0.25) is 33.5 Å². The lowest BCUT2D eigenvalue weighted by Crippen LogP contribution is -2.44. The minimum atomic E-state index is -2.85. The number of imide groups is 1. The number of aromatic nitrogens is 7. The molecular weight excluding hydrogens is 815 g/mol. The van der Waals surface area contributed by atoms with E-state index in [1.165, 1.54) is 15.3 Å². The molecule has 7 heterocycles. The van der Waals surface area contributed by atoms with E-state index in [0.29, 0.717) is 30.1 Å². The van der Waals surface area contributed by atoms with Crippen molar-refractivity contribution in [3.63, 3.8) is 0 Å². The van der Waals surface area contributed by atoms with Gasteiger partial charge in [0.25, 0.3) is 12.3 Å². The molecule has 336 valence electrons. The highest BCUT2D eigenvalue weighted by atomic mass is 19.3. The molecular formula is C44H56F2N12O5. The monoisotopic (exact) mass is 870 g/mol. The predicted molar refractivity (Wildman–Crippen MR) is 231 cm³/mol. The number of imidazole rings is 1. The number of nitrogens with one attached hydrogen (secondary N) is 2. The number of fused-ring (bicyclic) bond motifs is 2. The van der Waals surface area contributed by atoms with E-state index in [0.717, 1.165) is 114 Å². The molecule has 4 fully saturated rings. The second-order valence-corrected chi connectivity index (χ2v) is 17.7. The zero-order valence-corrected chi connectivity index (χ0v) is 35.9. The number of amides is 3. The minimum Gasteiger partial charge on any atom is -0.378 e. The van der Waals surface area contributed by atoms with Crippen LogP contribution in [-0.2, 0) is 27.8 Å². The molecule has 1 aromatic carbocycles. The molecule has 5 aromatic rings. The van der Waals surface area contributed by atoms with Crippen molar-refractivity contribution in [2.75, 3.05) is 69.7 Å². The van der Waals surface area contributed by atoms with E-state index in [2.05, 4.69) is 42.6 Å². The molecule has 4 aliphatic rings. The number of anilines is 2. The number of aryl methyl sites for hydroxylation is 2. The van der Waals surface area contributed by atoms with Gasteiger partial charge in [-0.2, -0.15) is 10.2 Å². The Balaban J connectivity index is 0.729. The summed E-state index contributed by atoms with van der Waals surface area (Å²) < 4.78 is 41.2. The maximum absolute atomic E-state index is 14.3. The van der Waals surface area contributed by atoms with E-state index in [4.69, 9.17) is 9.72 Å². The highest BCUT2D eigenvalue weighted by molar-refractivity contribution is 6.08. The van der Waals surface area contributed by atoms with Crippen LogP contribution in [0.2, 0.25) is 0 Å². The number of nitrogens with zero attached hydrogens (tertiary/aromatic N) is 10. The Morgan fingerprint density at radius 2 is 1.75 bits per heavy atom. The molecule has 0 radical (unpaired) electrons. The fourth-order valence-electron chi connectivity index (χ4n) is 9.95. The Hall–Kier alpha value is -5.53. The van der Waals surface area contributed by atoms with Crippen LogP contribution in [0.1, 0.15) is 97.9 Å². The lowest BCUT2D eigenvalue weighted by Gasteiger charge is -2.36. The number of piperazine rings is 1. The van der Waals surface area contributed by atoms with E-state index in [1.807, 2.05) is 24.3 Å². The van der Waals surface area contributed by atoms with E-state index >= 15 is 0 Å². The minimum absolute atomic E-state index is 0.00261. The largest absolute Gasteiger partial charge is 0.378 e. The number of benzene rings is 1. The Bertz CT molecular complexity index is 2520. The summed E-state index contributed by atoms with van der Waals surface area (Å²) in [4.78, 5) is 62.8. The Morgan fingerprint density at radius 1 is 0.968 bits per heavy atom. The molecule has 0 bridgehead atoms. The maximum atomic E-state index is 14.3. The number of alkyl halides is 2. The van der Waals surface area contributed by atoms with Gasteiger partial charge in [-0.15, -0.1) is 0 Å². The quantitative estimate of drug-likeness (QED) is 0.128. The normalized spacial score (nSPS) is 22.1. The predicted octanol–water partition coefficient (Wildman–Crippen LogP) is 4.34. The van der Waals surface area contributed by atoms with E-state index in [9.17, 15) is 28.0 Å². The number of carbonyl (C=O) groups excluding carboxylic acids is 3. The fourth-order valence-corrected chi connectivity index (χ4v) is 9.95. The van der Waals surface area contributed by atoms with Crippen molar-refractivity contribution in [3.05, 3.63) is 70.2 Å². The number of likely N-dealkylation sites (N-methyl/N-ethyl adjacent to an activating group) is 1. The van der Waals surface area contributed by atoms with Crippen molar-refractivity contribution in [2.45, 2.75) is 88.8 Å². The SMILES string of the molecule is CN1CCN(c2ccn3ncc(C(=O)Nc4cn([C@H]5CC[C@H](CN6CCC(OCCCc7cccc8c7n(C)c(=O)n8C7CCC(=O)NC7=O)CC6)CC5)nc4C(F)F)c3n2)CC1. The highest BCUT2D eigenvalue weighted by Crippen LogP contribution is 2.36. The van der Waals surface area contributed by atoms with E-state index in [1.54, 1.807) is 28.7 Å². The summed E-state index contributed by atoms with van der Waals surface area (Å²) >= 11 is 0.